The summed E-state index contributed by atoms with van der Waals surface area (Å²) in [6.45, 7) is 4.69. The zero-order valence-corrected chi connectivity index (χ0v) is 14.9. The maximum absolute atomic E-state index is 9.93. The summed E-state index contributed by atoms with van der Waals surface area (Å²) in [4.78, 5) is 5.27. The maximum atomic E-state index is 9.93. The van der Waals surface area contributed by atoms with Crippen molar-refractivity contribution in [1.29, 1.82) is 0 Å². The normalized spacial score (nSPS) is 12.2. The third-order valence-electron chi connectivity index (χ3n) is 3.65. The van der Waals surface area contributed by atoms with Crippen LogP contribution in [0.3, 0.4) is 0 Å². The molecule has 0 fully saturated rings. The summed E-state index contributed by atoms with van der Waals surface area (Å²) in [5.74, 6) is -0.00898. The van der Waals surface area contributed by atoms with E-state index in [4.69, 9.17) is 0 Å². The molecule has 0 unspecified atom stereocenters. The van der Waals surface area contributed by atoms with E-state index < -0.39 is 0 Å². The number of thiazole rings is 1. The monoisotopic (exact) mass is 353 g/mol. The molecule has 1 aromatic heterocycles. The van der Waals surface area contributed by atoms with Gasteiger partial charge in [0, 0.05) is 29.1 Å². The maximum Gasteiger partial charge on any atom is 0.206 e. The van der Waals surface area contributed by atoms with Gasteiger partial charge < -0.3 is 10.2 Å². The molecule has 0 aliphatic heterocycles. The van der Waals surface area contributed by atoms with Gasteiger partial charge in [0.25, 0.3) is 0 Å². The van der Waals surface area contributed by atoms with Crippen LogP contribution in [0.5, 0.6) is 11.5 Å². The average molecular weight is 353 g/mol. The summed E-state index contributed by atoms with van der Waals surface area (Å²) in [6.07, 6.45) is 1.56. The van der Waals surface area contributed by atoms with E-state index in [1.165, 1.54) is 29.0 Å². The third-order valence-corrected chi connectivity index (χ3v) is 4.51. The Bertz CT molecular complexity index is 969. The Morgan fingerprint density at radius 1 is 1.12 bits per heavy atom. The van der Waals surface area contributed by atoms with Gasteiger partial charge in [-0.15, -0.1) is 11.3 Å². The van der Waals surface area contributed by atoms with Crippen molar-refractivity contribution in [3.8, 4) is 22.8 Å². The van der Waals surface area contributed by atoms with Crippen molar-refractivity contribution in [2.75, 3.05) is 6.54 Å². The van der Waals surface area contributed by atoms with Crippen molar-refractivity contribution in [3.63, 3.8) is 0 Å². The number of hydrogen-bond donors (Lipinski definition) is 2. The fourth-order valence-corrected chi connectivity index (χ4v) is 3.24. The molecule has 2 aromatic carbocycles. The molecule has 0 atom stereocenters. The summed E-state index contributed by atoms with van der Waals surface area (Å²) in [7, 11) is 0. The van der Waals surface area contributed by atoms with Gasteiger partial charge in [0.2, 0.25) is 4.80 Å². The van der Waals surface area contributed by atoms with E-state index in [9.17, 15) is 10.2 Å². The Hall–Kier alpha value is -2.86. The highest BCUT2D eigenvalue weighted by molar-refractivity contribution is 7.07. The molecule has 0 aliphatic carbocycles. The SMILES string of the molecule is CCN=c1scc(-c2ccc(C)cc2)n1/N=C/c1ccc(O)cc1O. The second-order valence-corrected chi connectivity index (χ2v) is 6.38. The molecule has 2 N–H and O–H groups in total. The van der Waals surface area contributed by atoms with Gasteiger partial charge in [-0.05, 0) is 26.0 Å². The van der Waals surface area contributed by atoms with E-state index in [2.05, 4.69) is 41.3 Å². The number of aryl methyl sites for hydroxylation is 1. The van der Waals surface area contributed by atoms with Crippen molar-refractivity contribution in [2.45, 2.75) is 13.8 Å². The highest BCUT2D eigenvalue weighted by Crippen LogP contribution is 2.23. The molecule has 0 aliphatic rings. The number of hydrogen-bond acceptors (Lipinski definition) is 5. The minimum atomic E-state index is -0.0227. The number of phenolic OH excluding ortho intramolecular Hbond substituents is 2. The van der Waals surface area contributed by atoms with Crippen molar-refractivity contribution in [2.24, 2.45) is 10.1 Å². The van der Waals surface area contributed by atoms with Gasteiger partial charge >= 0.3 is 0 Å². The van der Waals surface area contributed by atoms with Gasteiger partial charge in [-0.2, -0.15) is 5.10 Å². The topological polar surface area (TPSA) is 70.1 Å². The molecule has 1 heterocycles. The standard InChI is InChI=1S/C19H19N3O2S/c1-3-20-19-22(21-11-15-8-9-16(23)10-18(15)24)17(12-25-19)14-6-4-13(2)5-7-14/h4-12,23-24H,3H2,1-2H3/b20-19?,21-11+. The molecule has 0 spiro atoms. The first-order valence-electron chi connectivity index (χ1n) is 7.93. The number of benzene rings is 2. The summed E-state index contributed by atoms with van der Waals surface area (Å²) in [5, 5.41) is 25.9. The van der Waals surface area contributed by atoms with E-state index in [-0.39, 0.29) is 11.5 Å². The van der Waals surface area contributed by atoms with Crippen LogP contribution < -0.4 is 4.80 Å². The molecule has 0 saturated heterocycles. The Labute approximate surface area is 149 Å². The molecule has 3 aromatic rings. The Morgan fingerprint density at radius 2 is 1.88 bits per heavy atom. The van der Waals surface area contributed by atoms with Crippen LogP contribution in [-0.2, 0) is 0 Å². The van der Waals surface area contributed by atoms with Crippen LogP contribution >= 0.6 is 11.3 Å². The third kappa shape index (κ3) is 3.80. The van der Waals surface area contributed by atoms with E-state index in [0.29, 0.717) is 12.1 Å². The molecule has 6 heteroatoms. The quantitative estimate of drug-likeness (QED) is 0.702. The predicted octanol–water partition coefficient (Wildman–Crippen LogP) is 3.74. The summed E-state index contributed by atoms with van der Waals surface area (Å²) >= 11 is 1.52. The molecular formula is C19H19N3O2S. The number of aromatic nitrogens is 1. The van der Waals surface area contributed by atoms with Crippen LogP contribution in [-0.4, -0.2) is 27.6 Å². The lowest BCUT2D eigenvalue weighted by molar-refractivity contribution is 0.450. The van der Waals surface area contributed by atoms with Gasteiger partial charge in [0.05, 0.1) is 11.9 Å². The van der Waals surface area contributed by atoms with Gasteiger partial charge in [-0.25, -0.2) is 4.68 Å². The van der Waals surface area contributed by atoms with Crippen molar-refractivity contribution in [1.82, 2.24) is 4.68 Å². The Morgan fingerprint density at radius 3 is 2.56 bits per heavy atom. The van der Waals surface area contributed by atoms with E-state index in [0.717, 1.165) is 16.1 Å². The smallest absolute Gasteiger partial charge is 0.206 e. The van der Waals surface area contributed by atoms with E-state index in [1.54, 1.807) is 17.0 Å². The van der Waals surface area contributed by atoms with Gasteiger partial charge in [-0.1, -0.05) is 29.8 Å². The Balaban J connectivity index is 2.07. The van der Waals surface area contributed by atoms with Crippen LogP contribution in [0, 0.1) is 6.92 Å². The molecule has 25 heavy (non-hydrogen) atoms. The molecule has 0 radical (unpaired) electrons. The van der Waals surface area contributed by atoms with E-state index >= 15 is 0 Å². The largest absolute Gasteiger partial charge is 0.508 e. The summed E-state index contributed by atoms with van der Waals surface area (Å²) in [5.41, 5.74) is 3.70. The van der Waals surface area contributed by atoms with Crippen LogP contribution in [0.25, 0.3) is 11.3 Å². The first kappa shape index (κ1) is 17.0. The number of rotatable bonds is 4. The van der Waals surface area contributed by atoms with Gasteiger partial charge in [-0.3, -0.25) is 4.99 Å². The average Bonchev–Trinajstić information content (AvgIpc) is 2.98. The molecule has 0 bridgehead atoms. The summed E-state index contributed by atoms with van der Waals surface area (Å²) in [6, 6.07) is 12.6. The number of aromatic hydroxyl groups is 2. The second-order valence-electron chi connectivity index (χ2n) is 5.54. The van der Waals surface area contributed by atoms with Crippen molar-refractivity contribution < 1.29 is 10.2 Å². The zero-order valence-electron chi connectivity index (χ0n) is 14.0. The molecule has 128 valence electrons. The fraction of sp³-hybridized carbons (Fsp3) is 0.158. The lowest BCUT2D eigenvalue weighted by Gasteiger charge is -2.05. The first-order valence-corrected chi connectivity index (χ1v) is 8.81. The first-order chi connectivity index (χ1) is 12.1. The molecule has 0 amide bonds. The highest BCUT2D eigenvalue weighted by Gasteiger charge is 2.07. The number of nitrogens with zero attached hydrogens (tertiary/aromatic N) is 3. The highest BCUT2D eigenvalue weighted by atomic mass is 32.1. The van der Waals surface area contributed by atoms with Gasteiger partial charge in [0.1, 0.15) is 11.5 Å². The second kappa shape index (κ2) is 7.36. The van der Waals surface area contributed by atoms with E-state index in [1.807, 2.05) is 12.3 Å². The minimum absolute atomic E-state index is 0.0138. The molecule has 3 rings (SSSR count). The van der Waals surface area contributed by atoms with Crippen molar-refractivity contribution >= 4 is 17.6 Å². The Kier molecular flexibility index (Phi) is 5.00. The summed E-state index contributed by atoms with van der Waals surface area (Å²) < 4.78 is 1.77. The van der Waals surface area contributed by atoms with Crippen molar-refractivity contribution in [3.05, 3.63) is 63.8 Å². The van der Waals surface area contributed by atoms with Crippen LogP contribution in [0.15, 0.2) is 57.9 Å². The minimum Gasteiger partial charge on any atom is -0.508 e. The van der Waals surface area contributed by atoms with Crippen LogP contribution in [0.4, 0.5) is 0 Å². The van der Waals surface area contributed by atoms with Crippen LogP contribution in [0.2, 0.25) is 0 Å². The molecule has 5 nitrogen and oxygen atoms in total. The van der Waals surface area contributed by atoms with Crippen LogP contribution in [0.1, 0.15) is 18.1 Å². The predicted molar refractivity (Wildman–Crippen MR) is 101 cm³/mol. The molecular weight excluding hydrogens is 334 g/mol. The lowest BCUT2D eigenvalue weighted by Crippen LogP contribution is -2.12. The van der Waals surface area contributed by atoms with Gasteiger partial charge in [0.15, 0.2) is 0 Å². The fourth-order valence-electron chi connectivity index (χ4n) is 2.34. The lowest BCUT2D eigenvalue weighted by atomic mass is 10.1. The molecule has 0 saturated carbocycles. The number of phenols is 2. The zero-order chi connectivity index (χ0) is 17.8.